The monoisotopic (exact) mass is 368 g/mol. The van der Waals surface area contributed by atoms with Crippen LogP contribution in [0.25, 0.3) is 0 Å². The Hall–Kier alpha value is -1.47. The summed E-state index contributed by atoms with van der Waals surface area (Å²) in [6, 6.07) is 0. The van der Waals surface area contributed by atoms with E-state index in [1.54, 1.807) is 0 Å². The Morgan fingerprint density at radius 3 is 2.28 bits per heavy atom. The molecule has 25 heavy (non-hydrogen) atoms. The third kappa shape index (κ3) is 3.19. The van der Waals surface area contributed by atoms with Gasteiger partial charge in [-0.25, -0.2) is 0 Å². The lowest BCUT2D eigenvalue weighted by Gasteiger charge is -2.19. The van der Waals surface area contributed by atoms with Gasteiger partial charge >= 0.3 is 0 Å². The van der Waals surface area contributed by atoms with Crippen LogP contribution in [0.1, 0.15) is 63.1 Å². The fraction of sp³-hybridized carbons (Fsp3) is 0.765. The molecule has 2 amide bonds. The molecule has 0 spiro atoms. The highest BCUT2D eigenvalue weighted by Crippen LogP contribution is 2.38. The van der Waals surface area contributed by atoms with E-state index in [-0.39, 0.29) is 36.1 Å². The van der Waals surface area contributed by atoms with Crippen LogP contribution in [-0.4, -0.2) is 33.4 Å². The van der Waals surface area contributed by atoms with Gasteiger partial charge in [0.25, 0.3) is 0 Å². The molecular weight excluding hydrogens is 344 g/mol. The zero-order chi connectivity index (χ0) is 16.7. The lowest BCUT2D eigenvalue weighted by molar-refractivity contribution is -0.139. The van der Waals surface area contributed by atoms with Crippen LogP contribution < -0.4 is 5.73 Å². The van der Waals surface area contributed by atoms with E-state index >= 15 is 0 Å². The highest BCUT2D eigenvalue weighted by atomic mass is 35.5. The summed E-state index contributed by atoms with van der Waals surface area (Å²) in [6.07, 6.45) is 8.08. The number of nitrogens with zero attached hydrogens (tertiary/aromatic N) is 3. The molecule has 0 bridgehead atoms. The van der Waals surface area contributed by atoms with Crippen LogP contribution in [0.5, 0.6) is 0 Å². The zero-order valence-electron chi connectivity index (χ0n) is 14.3. The first kappa shape index (κ1) is 18.3. The number of imide groups is 1. The van der Waals surface area contributed by atoms with Crippen LogP contribution in [-0.2, 0) is 21.5 Å². The number of nitrogens with two attached hydrogens (primary N) is 1. The topological polar surface area (TPSA) is 102 Å². The van der Waals surface area contributed by atoms with Crippen LogP contribution >= 0.6 is 12.4 Å². The highest BCUT2D eigenvalue weighted by molar-refractivity contribution is 6.05. The number of hydrogen-bond donors (Lipinski definition) is 1. The quantitative estimate of drug-likeness (QED) is 0.814. The van der Waals surface area contributed by atoms with Crippen LogP contribution in [0, 0.1) is 11.8 Å². The average molecular weight is 369 g/mol. The van der Waals surface area contributed by atoms with Gasteiger partial charge in [0, 0.05) is 13.0 Å². The van der Waals surface area contributed by atoms with Crippen LogP contribution in [0.15, 0.2) is 4.52 Å². The van der Waals surface area contributed by atoms with E-state index in [4.69, 9.17) is 10.3 Å². The van der Waals surface area contributed by atoms with Crippen molar-refractivity contribution in [1.82, 2.24) is 15.0 Å². The van der Waals surface area contributed by atoms with Gasteiger partial charge in [0.05, 0.1) is 17.4 Å². The molecule has 3 fully saturated rings. The number of aromatic nitrogens is 2. The minimum absolute atomic E-state index is 0. The first-order valence-electron chi connectivity index (χ1n) is 9.06. The molecular formula is C17H25ClN4O3. The normalized spacial score (nSPS) is 28.1. The summed E-state index contributed by atoms with van der Waals surface area (Å²) in [4.78, 5) is 30.7. The summed E-state index contributed by atoms with van der Waals surface area (Å²) in [5.41, 5.74) is 5.86. The zero-order valence-corrected chi connectivity index (χ0v) is 15.1. The largest absolute Gasteiger partial charge is 0.339 e. The number of carbonyl (C=O) groups is 2. The van der Waals surface area contributed by atoms with Crippen LogP contribution in [0.4, 0.5) is 0 Å². The van der Waals surface area contributed by atoms with Crippen LogP contribution in [0.2, 0.25) is 0 Å². The minimum Gasteiger partial charge on any atom is -0.339 e. The van der Waals surface area contributed by atoms with Gasteiger partial charge in [-0.2, -0.15) is 4.98 Å². The van der Waals surface area contributed by atoms with Gasteiger partial charge in [-0.15, -0.1) is 12.4 Å². The van der Waals surface area contributed by atoms with Crippen molar-refractivity contribution in [2.75, 3.05) is 6.54 Å². The molecule has 2 aliphatic carbocycles. The summed E-state index contributed by atoms with van der Waals surface area (Å²) in [5.74, 6) is 0.775. The highest BCUT2D eigenvalue weighted by Gasteiger charge is 2.47. The van der Waals surface area contributed by atoms with Gasteiger partial charge in [-0.05, 0) is 25.7 Å². The Labute approximate surface area is 153 Å². The molecule has 1 aliphatic heterocycles. The molecule has 1 aromatic rings. The maximum absolute atomic E-state index is 12.5. The molecule has 3 aliphatic rings. The summed E-state index contributed by atoms with van der Waals surface area (Å²) in [5, 5.41) is 4.03. The maximum Gasteiger partial charge on any atom is 0.233 e. The summed E-state index contributed by atoms with van der Waals surface area (Å²) in [7, 11) is 0. The molecule has 0 aromatic carbocycles. The molecule has 138 valence electrons. The van der Waals surface area contributed by atoms with Gasteiger partial charge in [0.2, 0.25) is 17.7 Å². The second kappa shape index (κ2) is 7.03. The Morgan fingerprint density at radius 1 is 1.08 bits per heavy atom. The number of hydrogen-bond acceptors (Lipinski definition) is 6. The number of rotatable bonds is 4. The Morgan fingerprint density at radius 2 is 1.68 bits per heavy atom. The first-order chi connectivity index (χ1) is 11.6. The number of carbonyl (C=O) groups excluding carboxylic acids is 2. The molecule has 7 nitrogen and oxygen atoms in total. The molecule has 2 atom stereocenters. The average Bonchev–Trinajstić information content (AvgIpc) is 3.29. The third-order valence-corrected chi connectivity index (χ3v) is 5.89. The van der Waals surface area contributed by atoms with Gasteiger partial charge < -0.3 is 10.3 Å². The van der Waals surface area contributed by atoms with Crippen molar-refractivity contribution in [3.8, 4) is 0 Å². The molecule has 1 aromatic heterocycles. The fourth-order valence-electron chi connectivity index (χ4n) is 4.45. The van der Waals surface area contributed by atoms with Crippen LogP contribution in [0.3, 0.4) is 0 Å². The first-order valence-corrected chi connectivity index (χ1v) is 9.06. The van der Waals surface area contributed by atoms with E-state index in [2.05, 4.69) is 10.1 Å². The smallest absolute Gasteiger partial charge is 0.233 e. The molecule has 0 radical (unpaired) electrons. The van der Waals surface area contributed by atoms with E-state index in [1.165, 1.54) is 4.90 Å². The second-order valence-corrected chi connectivity index (χ2v) is 7.45. The molecule has 2 saturated carbocycles. The maximum atomic E-state index is 12.5. The molecule has 8 heteroatoms. The third-order valence-electron chi connectivity index (χ3n) is 5.89. The van der Waals surface area contributed by atoms with Crippen molar-refractivity contribution in [1.29, 1.82) is 0 Å². The van der Waals surface area contributed by atoms with E-state index in [1.807, 2.05) is 0 Å². The molecule has 1 saturated heterocycles. The van der Waals surface area contributed by atoms with E-state index < -0.39 is 5.54 Å². The number of fused-ring (bicyclic) bond motifs is 1. The number of likely N-dealkylation sites (tertiary alicyclic amines) is 1. The van der Waals surface area contributed by atoms with Crippen molar-refractivity contribution in [3.63, 3.8) is 0 Å². The van der Waals surface area contributed by atoms with E-state index in [0.717, 1.165) is 51.4 Å². The number of halogens is 1. The van der Waals surface area contributed by atoms with Crippen molar-refractivity contribution in [3.05, 3.63) is 11.7 Å². The van der Waals surface area contributed by atoms with Crippen molar-refractivity contribution in [2.45, 2.75) is 63.3 Å². The molecule has 2 N–H and O–H groups in total. The SMILES string of the molecule is Cl.NC1(c2noc(CCN3C(=O)C4CCCCC4C3=O)n2)CCCC1. The molecule has 2 heterocycles. The van der Waals surface area contributed by atoms with Gasteiger partial charge in [-0.1, -0.05) is 30.8 Å². The van der Waals surface area contributed by atoms with E-state index in [9.17, 15) is 9.59 Å². The predicted octanol–water partition coefficient (Wildman–Crippen LogP) is 1.94. The standard InChI is InChI=1S/C17H24N4O3.ClH/c18-17(8-3-4-9-17)16-19-13(24-20-16)7-10-21-14(22)11-5-1-2-6-12(11)15(21)23;/h11-12H,1-10,18H2;1H. The predicted molar refractivity (Wildman–Crippen MR) is 91.8 cm³/mol. The van der Waals surface area contributed by atoms with Gasteiger partial charge in [0.15, 0.2) is 5.82 Å². The minimum atomic E-state index is -0.476. The molecule has 4 rings (SSSR count). The fourth-order valence-corrected chi connectivity index (χ4v) is 4.45. The van der Waals surface area contributed by atoms with Gasteiger partial charge in [0.1, 0.15) is 0 Å². The Bertz CT molecular complexity index is 632. The Kier molecular flexibility index (Phi) is 5.16. The summed E-state index contributed by atoms with van der Waals surface area (Å²) < 4.78 is 5.30. The van der Waals surface area contributed by atoms with Crippen molar-refractivity contribution in [2.24, 2.45) is 17.6 Å². The molecule has 2 unspecified atom stereocenters. The number of amides is 2. The second-order valence-electron chi connectivity index (χ2n) is 7.45. The lowest BCUT2D eigenvalue weighted by atomic mass is 9.81. The lowest BCUT2D eigenvalue weighted by Crippen LogP contribution is -2.34. The van der Waals surface area contributed by atoms with Crippen molar-refractivity contribution < 1.29 is 14.1 Å². The summed E-state index contributed by atoms with van der Waals surface area (Å²) >= 11 is 0. The Balaban J connectivity index is 0.00000182. The summed E-state index contributed by atoms with van der Waals surface area (Å²) in [6.45, 7) is 0.323. The van der Waals surface area contributed by atoms with Gasteiger partial charge in [-0.3, -0.25) is 14.5 Å². The van der Waals surface area contributed by atoms with E-state index in [0.29, 0.717) is 24.7 Å². The van der Waals surface area contributed by atoms with Crippen molar-refractivity contribution >= 4 is 24.2 Å².